The Balaban J connectivity index is 2.27. The van der Waals surface area contributed by atoms with Crippen LogP contribution in [0.5, 0.6) is 0 Å². The van der Waals surface area contributed by atoms with Crippen LogP contribution in [0.4, 0.5) is 0 Å². The lowest BCUT2D eigenvalue weighted by molar-refractivity contribution is 0.168. The summed E-state index contributed by atoms with van der Waals surface area (Å²) < 4.78 is 17.7. The second kappa shape index (κ2) is 8.35. The van der Waals surface area contributed by atoms with E-state index in [0.29, 0.717) is 0 Å². The monoisotopic (exact) mass is 276 g/mol. The molecule has 0 saturated heterocycles. The van der Waals surface area contributed by atoms with Gasteiger partial charge in [0.2, 0.25) is 0 Å². The molecule has 0 spiro atoms. The molecule has 0 aliphatic heterocycles. The highest BCUT2D eigenvalue weighted by Gasteiger charge is 2.34. The van der Waals surface area contributed by atoms with E-state index in [1.165, 1.54) is 25.7 Å². The van der Waals surface area contributed by atoms with Crippen molar-refractivity contribution in [2.45, 2.75) is 89.8 Å². The molecule has 2 atom stereocenters. The van der Waals surface area contributed by atoms with Gasteiger partial charge in [-0.3, -0.25) is 4.57 Å². The molecule has 0 aromatic rings. The summed E-state index contributed by atoms with van der Waals surface area (Å²) in [6, 6.07) is 0. The van der Waals surface area contributed by atoms with Gasteiger partial charge < -0.3 is 9.42 Å². The molecule has 1 aliphatic rings. The zero-order valence-corrected chi connectivity index (χ0v) is 12.8. The van der Waals surface area contributed by atoms with E-state index in [4.69, 9.17) is 4.52 Å². The summed E-state index contributed by atoms with van der Waals surface area (Å²) in [5, 5.41) is 0. The molecule has 1 fully saturated rings. The van der Waals surface area contributed by atoms with Gasteiger partial charge in [0.15, 0.2) is 0 Å². The van der Waals surface area contributed by atoms with E-state index in [1.807, 2.05) is 6.92 Å². The van der Waals surface area contributed by atoms with Crippen molar-refractivity contribution in [2.24, 2.45) is 0 Å². The SMILES string of the molecule is CCCCCCC(C)OP(=O)(O)C1CCCCC1. The van der Waals surface area contributed by atoms with Gasteiger partial charge in [-0.1, -0.05) is 51.9 Å². The third-order valence-corrected chi connectivity index (χ3v) is 5.93. The van der Waals surface area contributed by atoms with Gasteiger partial charge in [-0.25, -0.2) is 0 Å². The summed E-state index contributed by atoms with van der Waals surface area (Å²) in [6.07, 6.45) is 10.6. The van der Waals surface area contributed by atoms with Gasteiger partial charge in [-0.2, -0.15) is 0 Å². The predicted molar refractivity (Wildman–Crippen MR) is 76.0 cm³/mol. The van der Waals surface area contributed by atoms with Gasteiger partial charge >= 0.3 is 7.60 Å². The Kier molecular flexibility index (Phi) is 7.51. The minimum atomic E-state index is -3.38. The van der Waals surface area contributed by atoms with E-state index in [-0.39, 0.29) is 11.8 Å². The molecule has 0 amide bonds. The van der Waals surface area contributed by atoms with Crippen LogP contribution < -0.4 is 0 Å². The zero-order valence-electron chi connectivity index (χ0n) is 11.9. The van der Waals surface area contributed by atoms with Gasteiger partial charge in [0.05, 0.1) is 11.8 Å². The predicted octanol–water partition coefficient (Wildman–Crippen LogP) is 4.88. The average Bonchev–Trinajstić information content (AvgIpc) is 2.35. The molecule has 1 aliphatic carbocycles. The van der Waals surface area contributed by atoms with Crippen LogP contribution in [0.1, 0.15) is 78.1 Å². The van der Waals surface area contributed by atoms with Crippen molar-refractivity contribution in [1.82, 2.24) is 0 Å². The fourth-order valence-electron chi connectivity index (χ4n) is 2.66. The molecule has 1 saturated carbocycles. The van der Waals surface area contributed by atoms with Gasteiger partial charge in [0.1, 0.15) is 0 Å². The molecule has 0 bridgehead atoms. The Hall–Kier alpha value is 0.150. The molecular formula is C14H29O3P. The first-order valence-corrected chi connectivity index (χ1v) is 9.21. The molecule has 1 rings (SSSR count). The van der Waals surface area contributed by atoms with Gasteiger partial charge in [0.25, 0.3) is 0 Å². The van der Waals surface area contributed by atoms with E-state index >= 15 is 0 Å². The molecule has 108 valence electrons. The Morgan fingerprint density at radius 1 is 1.22 bits per heavy atom. The molecule has 3 nitrogen and oxygen atoms in total. The molecule has 2 unspecified atom stereocenters. The van der Waals surface area contributed by atoms with Crippen molar-refractivity contribution in [3.8, 4) is 0 Å². The third kappa shape index (κ3) is 5.86. The topological polar surface area (TPSA) is 46.5 Å². The fraction of sp³-hybridized carbons (Fsp3) is 1.00. The highest BCUT2D eigenvalue weighted by atomic mass is 31.2. The van der Waals surface area contributed by atoms with E-state index in [1.54, 1.807) is 0 Å². The van der Waals surface area contributed by atoms with Crippen LogP contribution in [-0.4, -0.2) is 16.7 Å². The lowest BCUT2D eigenvalue weighted by Gasteiger charge is -2.28. The fourth-order valence-corrected chi connectivity index (χ4v) is 4.47. The van der Waals surface area contributed by atoms with Gasteiger partial charge in [0, 0.05) is 0 Å². The maximum absolute atomic E-state index is 12.2. The first-order chi connectivity index (χ1) is 8.56. The van der Waals surface area contributed by atoms with Crippen molar-refractivity contribution in [3.05, 3.63) is 0 Å². The number of hydrogen-bond donors (Lipinski definition) is 1. The number of unbranched alkanes of at least 4 members (excludes halogenated alkanes) is 3. The second-order valence-electron chi connectivity index (χ2n) is 5.62. The van der Waals surface area contributed by atoms with Crippen LogP contribution in [0.3, 0.4) is 0 Å². The molecule has 0 aromatic carbocycles. The molecular weight excluding hydrogens is 247 g/mol. The second-order valence-corrected chi connectivity index (χ2v) is 7.69. The molecule has 0 heterocycles. The highest BCUT2D eigenvalue weighted by molar-refractivity contribution is 7.53. The quantitative estimate of drug-likeness (QED) is 0.507. The first-order valence-electron chi connectivity index (χ1n) is 7.57. The first kappa shape index (κ1) is 16.2. The number of rotatable bonds is 8. The van der Waals surface area contributed by atoms with Crippen molar-refractivity contribution < 1.29 is 14.0 Å². The van der Waals surface area contributed by atoms with Crippen molar-refractivity contribution in [1.29, 1.82) is 0 Å². The lowest BCUT2D eigenvalue weighted by Crippen LogP contribution is -2.18. The molecule has 1 N–H and O–H groups in total. The van der Waals surface area contributed by atoms with Crippen LogP contribution in [0, 0.1) is 0 Å². The minimum Gasteiger partial charge on any atom is -0.324 e. The molecule has 0 radical (unpaired) electrons. The van der Waals surface area contributed by atoms with Crippen LogP contribution in [0.2, 0.25) is 0 Å². The van der Waals surface area contributed by atoms with Crippen LogP contribution >= 0.6 is 7.60 Å². The summed E-state index contributed by atoms with van der Waals surface area (Å²) in [4.78, 5) is 10.0. The largest absolute Gasteiger partial charge is 0.331 e. The van der Waals surface area contributed by atoms with Crippen LogP contribution in [0.25, 0.3) is 0 Å². The number of hydrogen-bond acceptors (Lipinski definition) is 2. The van der Waals surface area contributed by atoms with Crippen molar-refractivity contribution in [3.63, 3.8) is 0 Å². The summed E-state index contributed by atoms with van der Waals surface area (Å²) in [6.45, 7) is 4.11. The zero-order chi connectivity index (χ0) is 13.4. The summed E-state index contributed by atoms with van der Waals surface area (Å²) in [5.74, 6) is 0. The van der Waals surface area contributed by atoms with Crippen molar-refractivity contribution >= 4 is 7.60 Å². The Morgan fingerprint density at radius 3 is 2.50 bits per heavy atom. The molecule has 18 heavy (non-hydrogen) atoms. The molecule has 4 heteroatoms. The smallest absolute Gasteiger partial charge is 0.324 e. The maximum atomic E-state index is 12.2. The van der Waals surface area contributed by atoms with Gasteiger partial charge in [-0.05, 0) is 26.2 Å². The van der Waals surface area contributed by atoms with E-state index < -0.39 is 7.60 Å². The van der Waals surface area contributed by atoms with Crippen molar-refractivity contribution in [2.75, 3.05) is 0 Å². The summed E-state index contributed by atoms with van der Waals surface area (Å²) >= 11 is 0. The standard InChI is InChI=1S/C14H29O3P/c1-3-4-5-7-10-13(2)17-18(15,16)14-11-8-6-9-12-14/h13-14H,3-12H2,1-2H3,(H,15,16). The average molecular weight is 276 g/mol. The van der Waals surface area contributed by atoms with Crippen LogP contribution in [0.15, 0.2) is 0 Å². The van der Waals surface area contributed by atoms with E-state index in [0.717, 1.165) is 38.5 Å². The summed E-state index contributed by atoms with van der Waals surface area (Å²) in [7, 11) is -3.38. The lowest BCUT2D eigenvalue weighted by atomic mass is 10.0. The van der Waals surface area contributed by atoms with E-state index in [2.05, 4.69) is 6.92 Å². The highest BCUT2D eigenvalue weighted by Crippen LogP contribution is 2.54. The maximum Gasteiger partial charge on any atom is 0.331 e. The Morgan fingerprint density at radius 2 is 1.89 bits per heavy atom. The van der Waals surface area contributed by atoms with Crippen LogP contribution in [-0.2, 0) is 9.09 Å². The minimum absolute atomic E-state index is 0.0837. The Labute approximate surface area is 112 Å². The van der Waals surface area contributed by atoms with Gasteiger partial charge in [-0.15, -0.1) is 0 Å². The third-order valence-electron chi connectivity index (χ3n) is 3.83. The normalized spacial score (nSPS) is 22.6. The van der Waals surface area contributed by atoms with E-state index in [9.17, 15) is 9.46 Å². The summed E-state index contributed by atoms with van der Waals surface area (Å²) in [5.41, 5.74) is -0.107. The molecule has 0 aromatic heterocycles. The Bertz CT molecular complexity index is 262.